The van der Waals surface area contributed by atoms with Crippen molar-refractivity contribution in [3.8, 4) is 11.6 Å². The molecule has 0 aliphatic heterocycles. The van der Waals surface area contributed by atoms with Gasteiger partial charge >= 0.3 is 0 Å². The van der Waals surface area contributed by atoms with Gasteiger partial charge in [0, 0.05) is 5.02 Å². The third kappa shape index (κ3) is 2.05. The highest BCUT2D eigenvalue weighted by atomic mass is 35.5. The number of aryl methyl sites for hydroxylation is 1. The van der Waals surface area contributed by atoms with E-state index in [0.717, 1.165) is 26.6 Å². The molecule has 3 aromatic rings. The van der Waals surface area contributed by atoms with Gasteiger partial charge in [0.25, 0.3) is 0 Å². The maximum atomic E-state index is 5.98. The summed E-state index contributed by atoms with van der Waals surface area (Å²) in [5.41, 5.74) is 1.88. The van der Waals surface area contributed by atoms with Gasteiger partial charge < -0.3 is 4.74 Å². The molecule has 0 bridgehead atoms. The number of benzene rings is 1. The Balaban J connectivity index is 2.01. The summed E-state index contributed by atoms with van der Waals surface area (Å²) >= 11 is 7.55. The first-order valence-corrected chi connectivity index (χ1v) is 6.62. The molecule has 0 unspecified atom stereocenters. The van der Waals surface area contributed by atoms with Crippen LogP contribution in [-0.4, -0.2) is 9.97 Å². The van der Waals surface area contributed by atoms with E-state index in [1.54, 1.807) is 11.3 Å². The minimum atomic E-state index is 0.580. The van der Waals surface area contributed by atoms with E-state index < -0.39 is 0 Å². The van der Waals surface area contributed by atoms with Gasteiger partial charge in [-0.2, -0.15) is 0 Å². The van der Waals surface area contributed by atoms with Crippen molar-refractivity contribution >= 4 is 33.2 Å². The summed E-state index contributed by atoms with van der Waals surface area (Å²) in [5.74, 6) is 1.31. The van der Waals surface area contributed by atoms with Crippen LogP contribution in [0.4, 0.5) is 0 Å². The second kappa shape index (κ2) is 4.55. The van der Waals surface area contributed by atoms with E-state index in [0.29, 0.717) is 5.88 Å². The summed E-state index contributed by atoms with van der Waals surface area (Å²) in [7, 11) is 0. The van der Waals surface area contributed by atoms with E-state index in [9.17, 15) is 0 Å². The Morgan fingerprint density at radius 2 is 2.11 bits per heavy atom. The summed E-state index contributed by atoms with van der Waals surface area (Å²) in [6, 6.07) is 7.49. The van der Waals surface area contributed by atoms with Gasteiger partial charge in [-0.05, 0) is 42.1 Å². The summed E-state index contributed by atoms with van der Waals surface area (Å²) < 4.78 is 6.74. The molecule has 90 valence electrons. The van der Waals surface area contributed by atoms with E-state index in [1.807, 2.05) is 36.6 Å². The number of hydrogen-bond acceptors (Lipinski definition) is 4. The Kier molecular flexibility index (Phi) is 2.89. The highest BCUT2D eigenvalue weighted by molar-refractivity contribution is 7.17. The maximum Gasteiger partial charge on any atom is 0.240 e. The third-order valence-corrected chi connectivity index (χ3v) is 3.87. The van der Waals surface area contributed by atoms with E-state index in [1.165, 1.54) is 6.33 Å². The fourth-order valence-corrected chi connectivity index (χ4v) is 2.52. The molecule has 1 aromatic carbocycles. The highest BCUT2D eigenvalue weighted by Crippen LogP contribution is 2.31. The molecule has 0 radical (unpaired) electrons. The van der Waals surface area contributed by atoms with E-state index in [2.05, 4.69) is 9.97 Å². The molecule has 5 heteroatoms. The molecule has 2 aromatic heterocycles. The van der Waals surface area contributed by atoms with E-state index >= 15 is 0 Å². The van der Waals surface area contributed by atoms with Crippen LogP contribution in [-0.2, 0) is 0 Å². The van der Waals surface area contributed by atoms with E-state index in [4.69, 9.17) is 16.3 Å². The van der Waals surface area contributed by atoms with Crippen molar-refractivity contribution in [1.29, 1.82) is 0 Å². The number of ether oxygens (including phenoxy) is 1. The second-order valence-corrected chi connectivity index (χ2v) is 5.15. The number of rotatable bonds is 2. The number of halogens is 1. The summed E-state index contributed by atoms with van der Waals surface area (Å²) in [6.07, 6.45) is 1.51. The first-order valence-electron chi connectivity index (χ1n) is 5.36. The van der Waals surface area contributed by atoms with Crippen LogP contribution in [0.5, 0.6) is 11.6 Å². The normalized spacial score (nSPS) is 10.8. The molecule has 0 fully saturated rings. The Labute approximate surface area is 113 Å². The molecule has 0 saturated carbocycles. The Morgan fingerprint density at radius 1 is 1.22 bits per heavy atom. The minimum absolute atomic E-state index is 0.580. The van der Waals surface area contributed by atoms with Crippen LogP contribution in [0.1, 0.15) is 5.56 Å². The van der Waals surface area contributed by atoms with Gasteiger partial charge in [0.15, 0.2) is 0 Å². The fraction of sp³-hybridized carbons (Fsp3) is 0.0769. The largest absolute Gasteiger partial charge is 0.437 e. The smallest absolute Gasteiger partial charge is 0.240 e. The summed E-state index contributed by atoms with van der Waals surface area (Å²) in [4.78, 5) is 8.34. The lowest BCUT2D eigenvalue weighted by Gasteiger charge is -2.06. The SMILES string of the molecule is Cc1cc(Oc2ncnc3ccsc23)ccc1Cl. The number of thiophene rings is 1. The molecule has 0 amide bonds. The molecule has 3 rings (SSSR count). The van der Waals surface area contributed by atoms with E-state index in [-0.39, 0.29) is 0 Å². The molecular weight excluding hydrogens is 268 g/mol. The fourth-order valence-electron chi connectivity index (χ4n) is 1.63. The molecular formula is C13H9ClN2OS. The van der Waals surface area contributed by atoms with Crippen molar-refractivity contribution in [3.63, 3.8) is 0 Å². The van der Waals surface area contributed by atoms with Gasteiger partial charge in [0.1, 0.15) is 16.8 Å². The van der Waals surface area contributed by atoms with Crippen LogP contribution in [0.3, 0.4) is 0 Å². The molecule has 3 nitrogen and oxygen atoms in total. The van der Waals surface area contributed by atoms with Crippen LogP contribution in [0.25, 0.3) is 10.2 Å². The molecule has 0 aliphatic carbocycles. The number of fused-ring (bicyclic) bond motifs is 1. The van der Waals surface area contributed by atoms with Crippen LogP contribution in [0.2, 0.25) is 5.02 Å². The topological polar surface area (TPSA) is 35.0 Å². The maximum absolute atomic E-state index is 5.98. The van der Waals surface area contributed by atoms with Crippen molar-refractivity contribution in [2.45, 2.75) is 6.92 Å². The number of hydrogen-bond donors (Lipinski definition) is 0. The first-order chi connectivity index (χ1) is 8.74. The van der Waals surface area contributed by atoms with Crippen molar-refractivity contribution in [2.75, 3.05) is 0 Å². The number of aromatic nitrogens is 2. The molecule has 0 spiro atoms. The van der Waals surface area contributed by atoms with Gasteiger partial charge in [-0.15, -0.1) is 11.3 Å². The van der Waals surface area contributed by atoms with Gasteiger partial charge in [-0.3, -0.25) is 0 Å². The van der Waals surface area contributed by atoms with Gasteiger partial charge in [0.05, 0.1) is 5.52 Å². The van der Waals surface area contributed by atoms with Gasteiger partial charge in [-0.1, -0.05) is 11.6 Å². The summed E-state index contributed by atoms with van der Waals surface area (Å²) in [6.45, 7) is 1.94. The van der Waals surface area contributed by atoms with Crippen molar-refractivity contribution in [3.05, 3.63) is 46.6 Å². The predicted molar refractivity (Wildman–Crippen MR) is 73.7 cm³/mol. The van der Waals surface area contributed by atoms with Gasteiger partial charge in [-0.25, -0.2) is 9.97 Å². The van der Waals surface area contributed by atoms with Crippen LogP contribution < -0.4 is 4.74 Å². The first kappa shape index (κ1) is 11.4. The average Bonchev–Trinajstić information content (AvgIpc) is 2.83. The molecule has 0 N–H and O–H groups in total. The lowest BCUT2D eigenvalue weighted by Crippen LogP contribution is -1.89. The zero-order valence-corrected chi connectivity index (χ0v) is 11.1. The molecule has 18 heavy (non-hydrogen) atoms. The molecule has 0 saturated heterocycles. The van der Waals surface area contributed by atoms with Crippen LogP contribution >= 0.6 is 22.9 Å². The average molecular weight is 277 g/mol. The predicted octanol–water partition coefficient (Wildman–Crippen LogP) is 4.45. The van der Waals surface area contributed by atoms with Crippen LogP contribution in [0, 0.1) is 6.92 Å². The molecule has 2 heterocycles. The Morgan fingerprint density at radius 3 is 2.94 bits per heavy atom. The van der Waals surface area contributed by atoms with Gasteiger partial charge in [0.2, 0.25) is 5.88 Å². The lowest BCUT2D eigenvalue weighted by atomic mass is 10.2. The zero-order chi connectivity index (χ0) is 12.5. The Bertz CT molecular complexity index is 711. The molecule has 0 aliphatic rings. The number of nitrogens with zero attached hydrogens (tertiary/aromatic N) is 2. The highest BCUT2D eigenvalue weighted by Gasteiger charge is 2.07. The summed E-state index contributed by atoms with van der Waals surface area (Å²) in [5, 5.41) is 2.70. The quantitative estimate of drug-likeness (QED) is 0.694. The van der Waals surface area contributed by atoms with Crippen LogP contribution in [0.15, 0.2) is 36.0 Å². The standard InChI is InChI=1S/C13H9ClN2OS/c1-8-6-9(2-3-10(8)14)17-13-12-11(4-5-18-12)15-7-16-13/h2-7H,1H3. The minimum Gasteiger partial charge on any atom is -0.437 e. The zero-order valence-electron chi connectivity index (χ0n) is 9.55. The third-order valence-electron chi connectivity index (χ3n) is 2.55. The van der Waals surface area contributed by atoms with Crippen molar-refractivity contribution in [2.24, 2.45) is 0 Å². The molecule has 0 atom stereocenters. The monoisotopic (exact) mass is 276 g/mol. The Hall–Kier alpha value is -1.65. The lowest BCUT2D eigenvalue weighted by molar-refractivity contribution is 0.468. The van der Waals surface area contributed by atoms with Crippen molar-refractivity contribution < 1.29 is 4.74 Å². The second-order valence-electron chi connectivity index (χ2n) is 3.83. The van der Waals surface area contributed by atoms with Crippen molar-refractivity contribution in [1.82, 2.24) is 9.97 Å².